The number of carbonyl (C=O) groups is 1. The molecule has 1 aromatic carbocycles. The fourth-order valence-corrected chi connectivity index (χ4v) is 3.17. The Morgan fingerprint density at radius 2 is 2.15 bits per heavy atom. The Kier molecular flexibility index (Phi) is 3.82. The minimum Gasteiger partial charge on any atom is -0.478 e. The van der Waals surface area contributed by atoms with Crippen LogP contribution in [0.25, 0.3) is 0 Å². The molecule has 2 rings (SSSR count). The predicted molar refractivity (Wildman–Crippen MR) is 75.2 cm³/mol. The average molecular weight is 360 g/mol. The number of hydrogen-bond donors (Lipinski definition) is 3. The van der Waals surface area contributed by atoms with E-state index in [0.29, 0.717) is 10.2 Å². The number of aromatic nitrogens is 2. The van der Waals surface area contributed by atoms with Crippen LogP contribution in [-0.2, 0) is 10.0 Å². The molecule has 9 heteroatoms. The van der Waals surface area contributed by atoms with Crippen LogP contribution in [0.1, 0.15) is 16.1 Å². The van der Waals surface area contributed by atoms with Gasteiger partial charge >= 0.3 is 5.97 Å². The van der Waals surface area contributed by atoms with Crippen molar-refractivity contribution in [3.05, 3.63) is 40.1 Å². The van der Waals surface area contributed by atoms with Gasteiger partial charge in [0.2, 0.25) is 0 Å². The third-order valence-electron chi connectivity index (χ3n) is 2.53. The number of sulfonamides is 1. The molecule has 0 unspecified atom stereocenters. The highest BCUT2D eigenvalue weighted by Gasteiger charge is 2.21. The zero-order chi connectivity index (χ0) is 14.9. The number of aromatic amines is 1. The zero-order valence-electron chi connectivity index (χ0n) is 10.2. The van der Waals surface area contributed by atoms with Gasteiger partial charge in [-0.2, -0.15) is 5.10 Å². The maximum Gasteiger partial charge on any atom is 0.337 e. The highest BCUT2D eigenvalue weighted by Crippen LogP contribution is 2.24. The monoisotopic (exact) mass is 359 g/mol. The molecule has 0 aliphatic heterocycles. The number of H-pyrrole nitrogens is 1. The number of carboxylic acid groups (broad SMARTS) is 1. The van der Waals surface area contributed by atoms with Crippen LogP contribution in [0.2, 0.25) is 0 Å². The first kappa shape index (κ1) is 14.5. The van der Waals surface area contributed by atoms with Crippen LogP contribution in [-0.4, -0.2) is 29.7 Å². The van der Waals surface area contributed by atoms with E-state index in [9.17, 15) is 13.2 Å². The molecule has 0 saturated carbocycles. The molecule has 0 bridgehead atoms. The summed E-state index contributed by atoms with van der Waals surface area (Å²) in [4.78, 5) is 11.1. The van der Waals surface area contributed by atoms with E-state index < -0.39 is 16.0 Å². The molecule has 0 aliphatic carbocycles. The van der Waals surface area contributed by atoms with E-state index in [-0.39, 0.29) is 16.1 Å². The van der Waals surface area contributed by atoms with Gasteiger partial charge in [-0.25, -0.2) is 13.2 Å². The van der Waals surface area contributed by atoms with Gasteiger partial charge in [0.05, 0.1) is 23.1 Å². The minimum atomic E-state index is -3.89. The Labute approximate surface area is 123 Å². The number of rotatable bonds is 4. The molecular formula is C11H10BrN3O4S. The summed E-state index contributed by atoms with van der Waals surface area (Å²) in [5, 5.41) is 15.2. The average Bonchev–Trinajstić information content (AvgIpc) is 2.78. The van der Waals surface area contributed by atoms with Gasteiger partial charge in [-0.15, -0.1) is 0 Å². The van der Waals surface area contributed by atoms with Crippen molar-refractivity contribution in [1.82, 2.24) is 10.2 Å². The lowest BCUT2D eigenvalue weighted by atomic mass is 10.2. The lowest BCUT2D eigenvalue weighted by Gasteiger charge is -2.10. The Bertz CT molecular complexity index is 770. The van der Waals surface area contributed by atoms with E-state index in [2.05, 4.69) is 30.8 Å². The van der Waals surface area contributed by atoms with Gasteiger partial charge in [0.1, 0.15) is 4.90 Å². The number of aryl methyl sites for hydroxylation is 1. The van der Waals surface area contributed by atoms with Gasteiger partial charge in [0.15, 0.2) is 0 Å². The van der Waals surface area contributed by atoms with E-state index in [0.717, 1.165) is 6.20 Å². The molecule has 20 heavy (non-hydrogen) atoms. The Balaban J connectivity index is 2.45. The van der Waals surface area contributed by atoms with Crippen molar-refractivity contribution in [2.24, 2.45) is 0 Å². The molecule has 0 aliphatic rings. The van der Waals surface area contributed by atoms with Gasteiger partial charge in [-0.3, -0.25) is 9.82 Å². The summed E-state index contributed by atoms with van der Waals surface area (Å²) in [5.74, 6) is -1.23. The van der Waals surface area contributed by atoms with E-state index in [4.69, 9.17) is 5.11 Å². The number of hydrogen-bond acceptors (Lipinski definition) is 4. The van der Waals surface area contributed by atoms with Gasteiger partial charge in [-0.05, 0) is 25.1 Å². The molecule has 7 nitrogen and oxygen atoms in total. The standard InChI is InChI=1S/C11H10BrN3O4S/c1-6-10(5-13-14-6)20(18,19)15-9-3-2-7(12)4-8(9)11(16)17/h2-5,15H,1H3,(H,13,14)(H,16,17). The summed E-state index contributed by atoms with van der Waals surface area (Å²) in [6.07, 6.45) is 1.16. The van der Waals surface area contributed by atoms with Gasteiger partial charge in [-0.1, -0.05) is 15.9 Å². The van der Waals surface area contributed by atoms with Crippen LogP contribution in [0.15, 0.2) is 33.8 Å². The molecule has 2 aromatic rings. The van der Waals surface area contributed by atoms with Crippen molar-refractivity contribution in [3.63, 3.8) is 0 Å². The summed E-state index contributed by atoms with van der Waals surface area (Å²) in [6, 6.07) is 4.25. The first-order chi connectivity index (χ1) is 9.31. The number of nitrogens with zero attached hydrogens (tertiary/aromatic N) is 1. The Hall–Kier alpha value is -1.87. The van der Waals surface area contributed by atoms with Gasteiger partial charge in [0.25, 0.3) is 10.0 Å². The Morgan fingerprint density at radius 3 is 2.70 bits per heavy atom. The second kappa shape index (κ2) is 5.25. The summed E-state index contributed by atoms with van der Waals surface area (Å²) >= 11 is 3.14. The highest BCUT2D eigenvalue weighted by molar-refractivity contribution is 9.10. The normalized spacial score (nSPS) is 11.3. The van der Waals surface area contributed by atoms with Crippen molar-refractivity contribution in [2.75, 3.05) is 4.72 Å². The van der Waals surface area contributed by atoms with Crippen molar-refractivity contribution < 1.29 is 18.3 Å². The van der Waals surface area contributed by atoms with Crippen LogP contribution >= 0.6 is 15.9 Å². The number of halogens is 1. The molecule has 106 valence electrons. The van der Waals surface area contributed by atoms with Crippen molar-refractivity contribution in [2.45, 2.75) is 11.8 Å². The van der Waals surface area contributed by atoms with Crippen molar-refractivity contribution in [1.29, 1.82) is 0 Å². The molecule has 0 amide bonds. The molecular weight excluding hydrogens is 350 g/mol. The number of anilines is 1. The van der Waals surface area contributed by atoms with E-state index in [1.165, 1.54) is 12.1 Å². The third-order valence-corrected chi connectivity index (χ3v) is 4.50. The molecule has 0 saturated heterocycles. The maximum atomic E-state index is 12.2. The van der Waals surface area contributed by atoms with Crippen molar-refractivity contribution >= 4 is 37.6 Å². The summed E-state index contributed by atoms with van der Waals surface area (Å²) in [6.45, 7) is 1.56. The van der Waals surface area contributed by atoms with E-state index >= 15 is 0 Å². The minimum absolute atomic E-state index is 0.0127. The fourth-order valence-electron chi connectivity index (χ4n) is 1.59. The summed E-state index contributed by atoms with van der Waals surface area (Å²) < 4.78 is 27.1. The maximum absolute atomic E-state index is 12.2. The molecule has 0 radical (unpaired) electrons. The van der Waals surface area contributed by atoms with Crippen molar-refractivity contribution in [3.8, 4) is 0 Å². The SMILES string of the molecule is Cc1[nH]ncc1S(=O)(=O)Nc1ccc(Br)cc1C(=O)O. The first-order valence-corrected chi connectivity index (χ1v) is 7.64. The quantitative estimate of drug-likeness (QED) is 0.772. The number of carboxylic acids is 1. The number of aromatic carboxylic acids is 1. The smallest absolute Gasteiger partial charge is 0.337 e. The fraction of sp³-hybridized carbons (Fsp3) is 0.0909. The lowest BCUT2D eigenvalue weighted by Crippen LogP contribution is -2.16. The van der Waals surface area contributed by atoms with Crippen LogP contribution < -0.4 is 4.72 Å². The van der Waals surface area contributed by atoms with Crippen LogP contribution in [0.5, 0.6) is 0 Å². The second-order valence-electron chi connectivity index (χ2n) is 3.96. The van der Waals surface area contributed by atoms with Gasteiger partial charge in [0, 0.05) is 4.47 Å². The topological polar surface area (TPSA) is 112 Å². The van der Waals surface area contributed by atoms with E-state index in [1.54, 1.807) is 13.0 Å². The van der Waals surface area contributed by atoms with E-state index in [1.807, 2.05) is 0 Å². The first-order valence-electron chi connectivity index (χ1n) is 5.37. The van der Waals surface area contributed by atoms with Crippen LogP contribution in [0, 0.1) is 6.92 Å². The molecule has 1 heterocycles. The number of nitrogens with one attached hydrogen (secondary N) is 2. The summed E-state index contributed by atoms with van der Waals surface area (Å²) in [7, 11) is -3.89. The third kappa shape index (κ3) is 2.83. The zero-order valence-corrected chi connectivity index (χ0v) is 12.6. The lowest BCUT2D eigenvalue weighted by molar-refractivity contribution is 0.0698. The molecule has 0 spiro atoms. The second-order valence-corrected chi connectivity index (χ2v) is 6.53. The summed E-state index contributed by atoms with van der Waals surface area (Å²) in [5.41, 5.74) is 0.205. The highest BCUT2D eigenvalue weighted by atomic mass is 79.9. The van der Waals surface area contributed by atoms with Crippen LogP contribution in [0.3, 0.4) is 0 Å². The molecule has 0 fully saturated rings. The largest absolute Gasteiger partial charge is 0.478 e. The number of benzene rings is 1. The predicted octanol–water partition coefficient (Wildman–Crippen LogP) is 1.98. The molecule has 0 atom stereocenters. The van der Waals surface area contributed by atoms with Crippen LogP contribution in [0.4, 0.5) is 5.69 Å². The Morgan fingerprint density at radius 1 is 1.45 bits per heavy atom. The molecule has 3 N–H and O–H groups in total. The molecule has 1 aromatic heterocycles. The van der Waals surface area contributed by atoms with Gasteiger partial charge < -0.3 is 5.11 Å².